The van der Waals surface area contributed by atoms with Crippen molar-refractivity contribution in [2.24, 2.45) is 0 Å². The number of hydrogen-bond donors (Lipinski definition) is 1. The molecule has 1 N–H and O–H groups in total. The van der Waals surface area contributed by atoms with Crippen LogP contribution < -0.4 is 0 Å². The summed E-state index contributed by atoms with van der Waals surface area (Å²) in [4.78, 5) is 9.57. The number of aliphatic carboxylic acids is 1. The van der Waals surface area contributed by atoms with Crippen LogP contribution in [0, 0.1) is 0 Å². The van der Waals surface area contributed by atoms with Crippen LogP contribution in [0.2, 0.25) is 0 Å². The average molecular weight is 76.1 g/mol. The first-order valence-corrected chi connectivity index (χ1v) is 1.19. The molecule has 0 atom stereocenters. The lowest BCUT2D eigenvalue weighted by molar-refractivity contribution is -0.136. The summed E-state index contributed by atoms with van der Waals surface area (Å²) >= 11 is 0. The predicted octanol–water partition coefficient (Wildman–Crippen LogP) is 0.481. The summed E-state index contributed by atoms with van der Waals surface area (Å²) in [6.45, 7) is -1.22. The molecule has 0 rings (SSSR count). The van der Waals surface area contributed by atoms with Crippen molar-refractivity contribution >= 4 is 5.97 Å². The van der Waals surface area contributed by atoms with E-state index in [9.17, 15) is 4.79 Å². The molecule has 0 heterocycles. The Morgan fingerprint density at radius 2 is 3.00 bits per heavy atom. The molecule has 0 fully saturated rings. The largest absolute Gasteiger partial charge is 0.481 e. The summed E-state index contributed by atoms with van der Waals surface area (Å²) < 4.78 is 12.8. The van der Waals surface area contributed by atoms with Gasteiger partial charge in [-0.1, -0.05) is 6.88 Å². The zero-order valence-electron chi connectivity index (χ0n) is 4.64. The van der Waals surface area contributed by atoms with E-state index < -0.39 is 12.8 Å². The van der Waals surface area contributed by atoms with Crippen molar-refractivity contribution in [2.45, 2.75) is 13.3 Å². The van der Waals surface area contributed by atoms with Crippen molar-refractivity contribution in [2.75, 3.05) is 0 Å². The Hall–Kier alpha value is -0.530. The standard InChI is InChI=1S/C3H6O2/c1-2-3(4)5/h2H2,1H3,(H,4,5)/i1D2. The van der Waals surface area contributed by atoms with E-state index >= 15 is 0 Å². The van der Waals surface area contributed by atoms with E-state index in [2.05, 4.69) is 0 Å². The van der Waals surface area contributed by atoms with Crippen LogP contribution in [0.5, 0.6) is 0 Å². The molecule has 0 amide bonds. The Bertz CT molecular complexity index is 71.3. The molecule has 0 aromatic carbocycles. The monoisotopic (exact) mass is 76.0 g/mol. The lowest BCUT2D eigenvalue weighted by Crippen LogP contribution is -1.86. The summed E-state index contributed by atoms with van der Waals surface area (Å²) in [5.41, 5.74) is 0. The van der Waals surface area contributed by atoms with E-state index in [1.807, 2.05) is 0 Å². The van der Waals surface area contributed by atoms with Crippen molar-refractivity contribution in [3.05, 3.63) is 0 Å². The fourth-order valence-corrected chi connectivity index (χ4v) is 0. The van der Waals surface area contributed by atoms with Gasteiger partial charge in [0, 0.05) is 9.16 Å². The maximum atomic E-state index is 9.57. The van der Waals surface area contributed by atoms with Gasteiger partial charge in [-0.25, -0.2) is 0 Å². The number of carboxylic acids is 1. The third-order valence-corrected chi connectivity index (χ3v) is 0.175. The molecule has 30 valence electrons. The van der Waals surface area contributed by atoms with Gasteiger partial charge in [-0.2, -0.15) is 0 Å². The molecule has 0 bridgehead atoms. The Morgan fingerprint density at radius 1 is 2.40 bits per heavy atom. The quantitative estimate of drug-likeness (QED) is 0.493. The number of hydrogen-bond acceptors (Lipinski definition) is 1. The molecule has 0 radical (unpaired) electrons. The van der Waals surface area contributed by atoms with E-state index in [0.29, 0.717) is 0 Å². The molecule has 0 saturated heterocycles. The van der Waals surface area contributed by atoms with Crippen LogP contribution in [0.4, 0.5) is 0 Å². The molecule has 0 spiro atoms. The molecule has 0 unspecified atom stereocenters. The Morgan fingerprint density at radius 3 is 3.00 bits per heavy atom. The van der Waals surface area contributed by atoms with E-state index in [0.717, 1.165) is 0 Å². The second kappa shape index (κ2) is 1.76. The van der Waals surface area contributed by atoms with Gasteiger partial charge >= 0.3 is 5.97 Å². The molecular formula is C3H6O2. The molecule has 5 heavy (non-hydrogen) atoms. The van der Waals surface area contributed by atoms with Crippen LogP contribution in [0.25, 0.3) is 0 Å². The van der Waals surface area contributed by atoms with Crippen molar-refractivity contribution in [3.63, 3.8) is 0 Å². The normalized spacial score (nSPS) is 13.8. The highest BCUT2D eigenvalue weighted by molar-refractivity contribution is 5.66. The van der Waals surface area contributed by atoms with Crippen molar-refractivity contribution in [3.8, 4) is 0 Å². The van der Waals surface area contributed by atoms with Crippen molar-refractivity contribution < 1.29 is 12.6 Å². The molecular weight excluding hydrogens is 68.0 g/mol. The minimum absolute atomic E-state index is 0.389. The average Bonchev–Trinajstić information content (AvgIpc) is 1.27. The summed E-state index contributed by atoms with van der Waals surface area (Å²) in [6, 6.07) is 0. The van der Waals surface area contributed by atoms with Crippen LogP contribution >= 0.6 is 0 Å². The van der Waals surface area contributed by atoms with Crippen LogP contribution in [-0.2, 0) is 4.79 Å². The van der Waals surface area contributed by atoms with Gasteiger partial charge in [-0.3, -0.25) is 4.79 Å². The first kappa shape index (κ1) is 1.80. The minimum Gasteiger partial charge on any atom is -0.481 e. The minimum atomic E-state index is -1.22. The smallest absolute Gasteiger partial charge is 0.303 e. The van der Waals surface area contributed by atoms with Crippen LogP contribution in [-0.4, -0.2) is 11.1 Å². The second-order valence-corrected chi connectivity index (χ2v) is 0.598. The molecule has 2 nitrogen and oxygen atoms in total. The highest BCUT2D eigenvalue weighted by atomic mass is 16.4. The topological polar surface area (TPSA) is 37.3 Å². The zero-order valence-corrected chi connectivity index (χ0v) is 2.64. The van der Waals surface area contributed by atoms with Gasteiger partial charge in [-0.05, 0) is 0 Å². The Labute approximate surface area is 33.2 Å². The number of carboxylic acid groups (broad SMARTS) is 1. The van der Waals surface area contributed by atoms with Gasteiger partial charge in [0.15, 0.2) is 0 Å². The summed E-state index contributed by atoms with van der Waals surface area (Å²) in [5, 5.41) is 7.84. The maximum Gasteiger partial charge on any atom is 0.303 e. The molecule has 0 aliphatic heterocycles. The van der Waals surface area contributed by atoms with Crippen molar-refractivity contribution in [1.82, 2.24) is 0 Å². The van der Waals surface area contributed by atoms with E-state index in [-0.39, 0.29) is 6.42 Å². The van der Waals surface area contributed by atoms with Crippen LogP contribution in [0.1, 0.15) is 16.0 Å². The highest BCUT2D eigenvalue weighted by Crippen LogP contribution is 1.67. The lowest BCUT2D eigenvalue weighted by Gasteiger charge is -1.71. The van der Waals surface area contributed by atoms with Gasteiger partial charge in [-0.15, -0.1) is 0 Å². The molecule has 0 aromatic heterocycles. The SMILES string of the molecule is [2H]C([2H])CC(=O)O. The second-order valence-electron chi connectivity index (χ2n) is 0.598. The van der Waals surface area contributed by atoms with Crippen LogP contribution in [0.15, 0.2) is 0 Å². The van der Waals surface area contributed by atoms with Gasteiger partial charge in [0.2, 0.25) is 0 Å². The molecule has 0 aliphatic rings. The summed E-state index contributed by atoms with van der Waals surface area (Å²) in [5.74, 6) is -1.09. The lowest BCUT2D eigenvalue weighted by atomic mass is 10.5. The predicted molar refractivity (Wildman–Crippen MR) is 17.9 cm³/mol. The van der Waals surface area contributed by atoms with E-state index in [1.165, 1.54) is 0 Å². The molecule has 0 saturated carbocycles. The van der Waals surface area contributed by atoms with Gasteiger partial charge in [0.05, 0.1) is 0 Å². The van der Waals surface area contributed by atoms with Crippen molar-refractivity contribution in [1.29, 1.82) is 0 Å². The third kappa shape index (κ3) is 3.47. The fourth-order valence-electron chi connectivity index (χ4n) is 0. The molecule has 0 aromatic rings. The first-order valence-electron chi connectivity index (χ1n) is 2.34. The molecule has 2 heteroatoms. The number of rotatable bonds is 1. The summed E-state index contributed by atoms with van der Waals surface area (Å²) in [7, 11) is 0. The zero-order chi connectivity index (χ0) is 5.86. The Kier molecular flexibility index (Phi) is 0.633. The van der Waals surface area contributed by atoms with Gasteiger partial charge < -0.3 is 5.11 Å². The number of carbonyl (C=O) groups is 1. The van der Waals surface area contributed by atoms with Crippen LogP contribution in [0.3, 0.4) is 0 Å². The van der Waals surface area contributed by atoms with E-state index in [1.54, 1.807) is 0 Å². The fraction of sp³-hybridized carbons (Fsp3) is 0.667. The highest BCUT2D eigenvalue weighted by Gasteiger charge is 1.80. The first-order chi connectivity index (χ1) is 3.13. The Balaban J connectivity index is 3.13. The third-order valence-electron chi connectivity index (χ3n) is 0.175. The van der Waals surface area contributed by atoms with E-state index in [4.69, 9.17) is 7.85 Å². The molecule has 0 aliphatic carbocycles. The van der Waals surface area contributed by atoms with Gasteiger partial charge in [0.25, 0.3) is 0 Å². The maximum absolute atomic E-state index is 9.57. The van der Waals surface area contributed by atoms with Gasteiger partial charge in [0.1, 0.15) is 0 Å². The summed E-state index contributed by atoms with van der Waals surface area (Å²) in [6.07, 6.45) is -0.389.